The number of rotatable bonds is 8. The summed E-state index contributed by atoms with van der Waals surface area (Å²) in [7, 11) is 0. The van der Waals surface area contributed by atoms with Crippen molar-refractivity contribution >= 4 is 29.4 Å². The first-order chi connectivity index (χ1) is 20.6. The van der Waals surface area contributed by atoms with Crippen LogP contribution < -0.4 is 15.1 Å². The summed E-state index contributed by atoms with van der Waals surface area (Å²) in [5.41, 5.74) is 2.81. The minimum atomic E-state index is -2.84. The van der Waals surface area contributed by atoms with Crippen LogP contribution in [0.2, 0.25) is 0 Å². The van der Waals surface area contributed by atoms with Gasteiger partial charge in [0.2, 0.25) is 17.8 Å². The second-order valence-electron chi connectivity index (χ2n) is 11.5. The highest BCUT2D eigenvalue weighted by molar-refractivity contribution is 6.10. The molecule has 220 valence electrons. The molecule has 0 spiro atoms. The lowest BCUT2D eigenvalue weighted by molar-refractivity contribution is -0.133. The minimum absolute atomic E-state index is 0.0411. The maximum Gasteiger partial charge on any atom is 0.252 e. The standard InChI is InChI=1S/C32H30F2N6O3/c1-19-5-2-3-8-25(19)28(29(42)37-23-16-32(33,34)17-23)39(24-7-4-6-21(15-24)20-9-10-20)30(43)26-11-12-27(41)40(26)31-36-14-13-22(18-35)38-31/h2-8,13-15,20,23,26,28H,9-12,16-17H2,1H3,(H,37,42). The summed E-state index contributed by atoms with van der Waals surface area (Å²) in [4.78, 5) is 52.9. The molecular formula is C32H30F2N6O3. The number of amides is 3. The Morgan fingerprint density at radius 3 is 2.58 bits per heavy atom. The van der Waals surface area contributed by atoms with E-state index in [0.29, 0.717) is 17.2 Å². The zero-order valence-corrected chi connectivity index (χ0v) is 23.5. The molecule has 3 aliphatic rings. The lowest BCUT2D eigenvalue weighted by Crippen LogP contribution is -2.56. The molecular weight excluding hydrogens is 554 g/mol. The number of nitrogens with zero attached hydrogens (tertiary/aromatic N) is 5. The van der Waals surface area contributed by atoms with Crippen LogP contribution in [0.15, 0.2) is 60.8 Å². The Kier molecular flexibility index (Phi) is 7.38. The Labute approximate surface area is 247 Å². The molecule has 2 aliphatic carbocycles. The third kappa shape index (κ3) is 5.69. The van der Waals surface area contributed by atoms with Gasteiger partial charge in [-0.2, -0.15) is 5.26 Å². The fourth-order valence-corrected chi connectivity index (χ4v) is 5.94. The first-order valence-electron chi connectivity index (χ1n) is 14.4. The van der Waals surface area contributed by atoms with Crippen LogP contribution in [0.25, 0.3) is 0 Å². The number of nitriles is 1. The molecule has 2 saturated carbocycles. The van der Waals surface area contributed by atoms with E-state index < -0.39 is 48.7 Å². The predicted octanol–water partition coefficient (Wildman–Crippen LogP) is 4.72. The summed E-state index contributed by atoms with van der Waals surface area (Å²) < 4.78 is 27.4. The largest absolute Gasteiger partial charge is 0.351 e. The number of hydrogen-bond donors (Lipinski definition) is 1. The number of hydrogen-bond acceptors (Lipinski definition) is 6. The van der Waals surface area contributed by atoms with E-state index in [2.05, 4.69) is 15.3 Å². The SMILES string of the molecule is Cc1ccccc1C(C(=O)NC1CC(F)(F)C1)N(C(=O)C1CCC(=O)N1c1nccc(C#N)n1)c1cccc(C2CC2)c1. The van der Waals surface area contributed by atoms with Gasteiger partial charge in [-0.05, 0) is 67.0 Å². The molecule has 9 nitrogen and oxygen atoms in total. The predicted molar refractivity (Wildman–Crippen MR) is 153 cm³/mol. The fraction of sp³-hybridized carbons (Fsp3) is 0.375. The van der Waals surface area contributed by atoms with Crippen molar-refractivity contribution < 1.29 is 23.2 Å². The molecule has 2 heterocycles. The van der Waals surface area contributed by atoms with E-state index in [1.165, 1.54) is 22.1 Å². The van der Waals surface area contributed by atoms with E-state index in [1.807, 2.05) is 43.3 Å². The maximum atomic E-state index is 14.7. The van der Waals surface area contributed by atoms with Gasteiger partial charge in [0.15, 0.2) is 0 Å². The smallest absolute Gasteiger partial charge is 0.252 e. The highest BCUT2D eigenvalue weighted by Crippen LogP contribution is 2.43. The Bertz CT molecular complexity index is 1630. The van der Waals surface area contributed by atoms with Crippen LogP contribution >= 0.6 is 0 Å². The Morgan fingerprint density at radius 1 is 1.12 bits per heavy atom. The number of anilines is 2. The number of carbonyl (C=O) groups excluding carboxylic acids is 3. The van der Waals surface area contributed by atoms with Gasteiger partial charge < -0.3 is 5.32 Å². The van der Waals surface area contributed by atoms with E-state index in [9.17, 15) is 28.4 Å². The number of aromatic nitrogens is 2. The Hall–Kier alpha value is -4.72. The number of alkyl halides is 2. The van der Waals surface area contributed by atoms with Gasteiger partial charge in [0, 0.05) is 37.2 Å². The first kappa shape index (κ1) is 28.4. The third-order valence-electron chi connectivity index (χ3n) is 8.33. The molecule has 43 heavy (non-hydrogen) atoms. The molecule has 6 rings (SSSR count). The van der Waals surface area contributed by atoms with Crippen molar-refractivity contribution in [2.75, 3.05) is 9.80 Å². The van der Waals surface area contributed by atoms with Crippen molar-refractivity contribution in [2.45, 2.75) is 75.4 Å². The topological polar surface area (TPSA) is 119 Å². The van der Waals surface area contributed by atoms with Crippen molar-refractivity contribution in [3.8, 4) is 6.07 Å². The van der Waals surface area contributed by atoms with Crippen LogP contribution in [0.5, 0.6) is 0 Å². The van der Waals surface area contributed by atoms with Crippen molar-refractivity contribution in [2.24, 2.45) is 0 Å². The number of benzene rings is 2. The number of nitrogens with one attached hydrogen (secondary N) is 1. The summed E-state index contributed by atoms with van der Waals surface area (Å²) >= 11 is 0. The molecule has 1 N–H and O–H groups in total. The molecule has 11 heteroatoms. The van der Waals surface area contributed by atoms with Crippen molar-refractivity contribution in [1.82, 2.24) is 15.3 Å². The molecule has 1 aromatic heterocycles. The van der Waals surface area contributed by atoms with Crippen LogP contribution in [0.4, 0.5) is 20.4 Å². The molecule has 1 aliphatic heterocycles. The fourth-order valence-electron chi connectivity index (χ4n) is 5.94. The second-order valence-corrected chi connectivity index (χ2v) is 11.5. The van der Waals surface area contributed by atoms with E-state index in [0.717, 1.165) is 24.0 Å². The number of aryl methyl sites for hydroxylation is 1. The van der Waals surface area contributed by atoms with E-state index >= 15 is 0 Å². The molecule has 2 unspecified atom stereocenters. The minimum Gasteiger partial charge on any atom is -0.351 e. The zero-order chi connectivity index (χ0) is 30.3. The second kappa shape index (κ2) is 11.2. The first-order valence-corrected chi connectivity index (χ1v) is 14.4. The van der Waals surface area contributed by atoms with Gasteiger partial charge in [-0.3, -0.25) is 24.2 Å². The molecule has 3 fully saturated rings. The van der Waals surface area contributed by atoms with Crippen LogP contribution in [-0.2, 0) is 14.4 Å². The van der Waals surface area contributed by atoms with Gasteiger partial charge in [0.1, 0.15) is 23.8 Å². The summed E-state index contributed by atoms with van der Waals surface area (Å²) in [5.74, 6) is -4.06. The van der Waals surface area contributed by atoms with Crippen LogP contribution in [0.1, 0.15) is 72.9 Å². The third-order valence-corrected chi connectivity index (χ3v) is 8.33. The summed E-state index contributed by atoms with van der Waals surface area (Å²) in [6.45, 7) is 1.82. The normalized spacial score (nSPS) is 20.2. The molecule has 2 atom stereocenters. The summed E-state index contributed by atoms with van der Waals surface area (Å²) in [5, 5.41) is 12.1. The average Bonchev–Trinajstić information content (AvgIpc) is 3.76. The monoisotopic (exact) mass is 584 g/mol. The van der Waals surface area contributed by atoms with E-state index in [4.69, 9.17) is 0 Å². The van der Waals surface area contributed by atoms with Gasteiger partial charge in [-0.15, -0.1) is 0 Å². The van der Waals surface area contributed by atoms with Crippen LogP contribution in [-0.4, -0.2) is 45.7 Å². The number of carbonyl (C=O) groups is 3. The van der Waals surface area contributed by atoms with Gasteiger partial charge in [-0.1, -0.05) is 36.4 Å². The van der Waals surface area contributed by atoms with Crippen molar-refractivity contribution in [3.63, 3.8) is 0 Å². The Balaban J connectivity index is 1.45. The molecule has 3 aromatic rings. The molecule has 2 aromatic carbocycles. The van der Waals surface area contributed by atoms with E-state index in [-0.39, 0.29) is 30.4 Å². The van der Waals surface area contributed by atoms with Gasteiger partial charge in [-0.25, -0.2) is 18.7 Å². The summed E-state index contributed by atoms with van der Waals surface area (Å²) in [6, 6.07) is 14.9. The Morgan fingerprint density at radius 2 is 1.88 bits per heavy atom. The van der Waals surface area contributed by atoms with Gasteiger partial charge >= 0.3 is 0 Å². The van der Waals surface area contributed by atoms with Crippen LogP contribution in [0.3, 0.4) is 0 Å². The van der Waals surface area contributed by atoms with Crippen molar-refractivity contribution in [1.29, 1.82) is 5.26 Å². The van der Waals surface area contributed by atoms with E-state index in [1.54, 1.807) is 18.2 Å². The molecule has 1 saturated heterocycles. The van der Waals surface area contributed by atoms with Crippen LogP contribution in [0, 0.1) is 18.3 Å². The lowest BCUT2D eigenvalue weighted by Gasteiger charge is -2.39. The number of halogens is 2. The summed E-state index contributed by atoms with van der Waals surface area (Å²) in [6.07, 6.45) is 2.64. The van der Waals surface area contributed by atoms with Crippen molar-refractivity contribution in [3.05, 3.63) is 83.2 Å². The molecule has 3 amide bonds. The van der Waals surface area contributed by atoms with Gasteiger partial charge in [0.25, 0.3) is 11.8 Å². The maximum absolute atomic E-state index is 14.7. The lowest BCUT2D eigenvalue weighted by atomic mass is 9.87. The molecule has 0 radical (unpaired) electrons. The zero-order valence-electron chi connectivity index (χ0n) is 23.5. The molecule has 0 bridgehead atoms. The quantitative estimate of drug-likeness (QED) is 0.409. The highest BCUT2D eigenvalue weighted by atomic mass is 19.3. The van der Waals surface area contributed by atoms with Gasteiger partial charge in [0.05, 0.1) is 0 Å². The average molecular weight is 585 g/mol. The highest BCUT2D eigenvalue weighted by Gasteiger charge is 2.48.